The highest BCUT2D eigenvalue weighted by molar-refractivity contribution is 7.92. The van der Waals surface area contributed by atoms with Crippen LogP contribution in [0.25, 0.3) is 11.1 Å². The molecule has 4 aromatic carbocycles. The molecular weight excluding hydrogens is 574 g/mol. The van der Waals surface area contributed by atoms with E-state index in [1.165, 1.54) is 12.1 Å². The minimum absolute atomic E-state index is 0.105. The number of nitrogens with one attached hydrogen (secondary N) is 1. The molecule has 1 heterocycles. The number of sulfonamides is 1. The Morgan fingerprint density at radius 3 is 2.23 bits per heavy atom. The average Bonchev–Trinajstić information content (AvgIpc) is 3.03. The Kier molecular flexibility index (Phi) is 9.68. The third kappa shape index (κ3) is 7.13. The van der Waals surface area contributed by atoms with E-state index in [0.29, 0.717) is 19.6 Å². The van der Waals surface area contributed by atoms with Gasteiger partial charge in [0.1, 0.15) is 6.10 Å². The van der Waals surface area contributed by atoms with Crippen LogP contribution in [0.15, 0.2) is 108 Å². The molecule has 2 N–H and O–H groups in total. The predicted octanol–water partition coefficient (Wildman–Crippen LogP) is 5.51. The maximum Gasteiger partial charge on any atom is 0.262 e. The average molecular weight is 614 g/mol. The van der Waals surface area contributed by atoms with E-state index in [2.05, 4.69) is 46.0 Å². The van der Waals surface area contributed by atoms with Crippen molar-refractivity contribution in [3.05, 3.63) is 114 Å². The van der Waals surface area contributed by atoms with Gasteiger partial charge in [0.2, 0.25) is 0 Å². The minimum atomic E-state index is -3.94. The van der Waals surface area contributed by atoms with Crippen LogP contribution in [0.4, 0.5) is 5.69 Å². The summed E-state index contributed by atoms with van der Waals surface area (Å²) in [5, 5.41) is 9.98. The molecule has 1 aliphatic heterocycles. The van der Waals surface area contributed by atoms with Crippen molar-refractivity contribution >= 4 is 21.6 Å². The number of aliphatic hydroxyl groups is 1. The first-order valence-electron chi connectivity index (χ1n) is 14.8. The summed E-state index contributed by atoms with van der Waals surface area (Å²) >= 11 is 0. The SMILES string of the molecule is C[C@H]1CN([C@@H](C)CO)C(=O)c2cccc(NS(=O)(=O)c3ccccc3)c2O[C@@H]1CN(C)Cc1ccc(-c2ccccc2)cc1. The van der Waals surface area contributed by atoms with Crippen LogP contribution in [0.2, 0.25) is 0 Å². The number of carbonyl (C=O) groups is 1. The fourth-order valence-electron chi connectivity index (χ4n) is 5.46. The number of hydrogen-bond donors (Lipinski definition) is 2. The number of aliphatic hydroxyl groups excluding tert-OH is 1. The standard InChI is InChI=1S/C35H39N3O5S/c1-25-21-38(26(2)24-39)35(40)31-15-10-16-32(36-44(41,42)30-13-8-5-9-14-30)34(31)43-33(25)23-37(3)22-27-17-19-29(20-18-27)28-11-6-4-7-12-28/h4-20,25-26,33,36,39H,21-24H2,1-3H3/t25-,26-,33+/m0/s1. The number of anilines is 1. The lowest BCUT2D eigenvalue weighted by Crippen LogP contribution is -2.49. The molecule has 0 spiro atoms. The van der Waals surface area contributed by atoms with E-state index < -0.39 is 16.1 Å². The lowest BCUT2D eigenvalue weighted by molar-refractivity contribution is 0.0344. The van der Waals surface area contributed by atoms with Gasteiger partial charge in [0.05, 0.1) is 28.8 Å². The molecule has 0 fully saturated rings. The summed E-state index contributed by atoms with van der Waals surface area (Å²) < 4.78 is 35.8. The largest absolute Gasteiger partial charge is 0.486 e. The molecule has 0 saturated heterocycles. The first-order valence-corrected chi connectivity index (χ1v) is 16.3. The van der Waals surface area contributed by atoms with Gasteiger partial charge in [-0.2, -0.15) is 0 Å². The Hall–Kier alpha value is -4.18. The Labute approximate surface area is 260 Å². The van der Waals surface area contributed by atoms with E-state index in [1.54, 1.807) is 48.2 Å². The Morgan fingerprint density at radius 2 is 1.57 bits per heavy atom. The van der Waals surface area contributed by atoms with Gasteiger partial charge in [0.25, 0.3) is 15.9 Å². The number of fused-ring (bicyclic) bond motifs is 1. The number of nitrogens with zero attached hydrogens (tertiary/aromatic N) is 2. The molecule has 0 saturated carbocycles. The highest BCUT2D eigenvalue weighted by Crippen LogP contribution is 2.36. The third-order valence-electron chi connectivity index (χ3n) is 7.99. The van der Waals surface area contributed by atoms with Crippen molar-refractivity contribution < 1.29 is 23.1 Å². The molecule has 0 bridgehead atoms. The van der Waals surface area contributed by atoms with Gasteiger partial charge in [-0.05, 0) is 54.9 Å². The Balaban J connectivity index is 1.42. The zero-order chi connectivity index (χ0) is 31.3. The molecule has 0 radical (unpaired) electrons. The van der Waals surface area contributed by atoms with Gasteiger partial charge in [-0.3, -0.25) is 14.4 Å². The molecule has 5 rings (SSSR count). The van der Waals surface area contributed by atoms with Crippen LogP contribution in [0, 0.1) is 5.92 Å². The van der Waals surface area contributed by atoms with Gasteiger partial charge in [0.15, 0.2) is 5.75 Å². The normalized spacial score (nSPS) is 17.8. The molecule has 44 heavy (non-hydrogen) atoms. The summed E-state index contributed by atoms with van der Waals surface area (Å²) in [6, 6.07) is 31.2. The van der Waals surface area contributed by atoms with Crippen LogP contribution in [-0.4, -0.2) is 68.1 Å². The lowest BCUT2D eigenvalue weighted by Gasteiger charge is -2.38. The second kappa shape index (κ2) is 13.6. The van der Waals surface area contributed by atoms with Crippen LogP contribution in [0.1, 0.15) is 29.8 Å². The summed E-state index contributed by atoms with van der Waals surface area (Å²) in [5.74, 6) is -0.258. The fraction of sp³-hybridized carbons (Fsp3) is 0.286. The van der Waals surface area contributed by atoms with E-state index in [1.807, 2.05) is 32.2 Å². The van der Waals surface area contributed by atoms with Crippen molar-refractivity contribution in [1.82, 2.24) is 9.80 Å². The fourth-order valence-corrected chi connectivity index (χ4v) is 6.55. The molecule has 3 atom stereocenters. The van der Waals surface area contributed by atoms with Gasteiger partial charge >= 0.3 is 0 Å². The number of hydrogen-bond acceptors (Lipinski definition) is 6. The van der Waals surface area contributed by atoms with Crippen molar-refractivity contribution in [3.8, 4) is 16.9 Å². The molecule has 0 aliphatic carbocycles. The van der Waals surface area contributed by atoms with Gasteiger partial charge in [-0.25, -0.2) is 8.42 Å². The Morgan fingerprint density at radius 1 is 0.932 bits per heavy atom. The van der Waals surface area contributed by atoms with Crippen LogP contribution in [0.3, 0.4) is 0 Å². The van der Waals surface area contributed by atoms with Crippen molar-refractivity contribution in [2.24, 2.45) is 5.92 Å². The number of para-hydroxylation sites is 1. The van der Waals surface area contributed by atoms with E-state index in [0.717, 1.165) is 16.7 Å². The molecule has 9 heteroatoms. The smallest absolute Gasteiger partial charge is 0.262 e. The highest BCUT2D eigenvalue weighted by Gasteiger charge is 2.35. The number of ether oxygens (including phenoxy) is 1. The van der Waals surface area contributed by atoms with Gasteiger partial charge in [0, 0.05) is 25.6 Å². The van der Waals surface area contributed by atoms with Gasteiger partial charge in [-0.1, -0.05) is 85.8 Å². The molecule has 0 unspecified atom stereocenters. The molecule has 4 aromatic rings. The summed E-state index contributed by atoms with van der Waals surface area (Å²) in [6.45, 7) is 5.19. The first kappa shape index (κ1) is 31.3. The quantitative estimate of drug-likeness (QED) is 0.245. The number of amides is 1. The second-order valence-electron chi connectivity index (χ2n) is 11.5. The number of rotatable bonds is 10. The van der Waals surface area contributed by atoms with E-state index >= 15 is 0 Å². The molecule has 1 amide bonds. The zero-order valence-corrected chi connectivity index (χ0v) is 26.1. The van der Waals surface area contributed by atoms with Crippen LogP contribution in [0.5, 0.6) is 5.75 Å². The van der Waals surface area contributed by atoms with E-state index in [9.17, 15) is 18.3 Å². The third-order valence-corrected chi connectivity index (χ3v) is 9.38. The van der Waals surface area contributed by atoms with Gasteiger partial charge < -0.3 is 14.7 Å². The summed E-state index contributed by atoms with van der Waals surface area (Å²) in [4.78, 5) is 17.7. The van der Waals surface area contributed by atoms with Crippen LogP contribution >= 0.6 is 0 Å². The topological polar surface area (TPSA) is 99.2 Å². The maximum absolute atomic E-state index is 13.8. The van der Waals surface area contributed by atoms with Gasteiger partial charge in [-0.15, -0.1) is 0 Å². The molecule has 1 aliphatic rings. The zero-order valence-electron chi connectivity index (χ0n) is 25.3. The number of benzene rings is 4. The molecule has 0 aromatic heterocycles. The van der Waals surface area contributed by atoms with Crippen molar-refractivity contribution in [3.63, 3.8) is 0 Å². The first-order chi connectivity index (χ1) is 21.2. The monoisotopic (exact) mass is 613 g/mol. The summed E-state index contributed by atoms with van der Waals surface area (Å²) in [6.07, 6.45) is -0.383. The predicted molar refractivity (Wildman–Crippen MR) is 173 cm³/mol. The summed E-state index contributed by atoms with van der Waals surface area (Å²) in [5.41, 5.74) is 3.90. The van der Waals surface area contributed by atoms with Crippen LogP contribution in [-0.2, 0) is 16.6 Å². The van der Waals surface area contributed by atoms with Crippen molar-refractivity contribution in [2.75, 3.05) is 31.5 Å². The highest BCUT2D eigenvalue weighted by atomic mass is 32.2. The van der Waals surface area contributed by atoms with Crippen molar-refractivity contribution in [2.45, 2.75) is 37.4 Å². The summed E-state index contributed by atoms with van der Waals surface area (Å²) in [7, 11) is -1.93. The molecule has 8 nitrogen and oxygen atoms in total. The maximum atomic E-state index is 13.8. The minimum Gasteiger partial charge on any atom is -0.486 e. The lowest BCUT2D eigenvalue weighted by atomic mass is 9.98. The Bertz CT molecular complexity index is 1660. The molecular formula is C35H39N3O5S. The molecule has 230 valence electrons. The van der Waals surface area contributed by atoms with Crippen LogP contribution < -0.4 is 9.46 Å². The number of carbonyl (C=O) groups excluding carboxylic acids is 1. The van der Waals surface area contributed by atoms with E-state index in [4.69, 9.17) is 4.74 Å². The van der Waals surface area contributed by atoms with E-state index in [-0.39, 0.29) is 46.4 Å². The van der Waals surface area contributed by atoms with Crippen molar-refractivity contribution in [1.29, 1.82) is 0 Å². The number of likely N-dealkylation sites (N-methyl/N-ethyl adjacent to an activating group) is 1. The second-order valence-corrected chi connectivity index (χ2v) is 13.2.